The quantitative estimate of drug-likeness (QED) is 0.743. The molecule has 1 fully saturated rings. The van der Waals surface area contributed by atoms with E-state index in [0.29, 0.717) is 11.1 Å². The van der Waals surface area contributed by atoms with Crippen LogP contribution in [0.1, 0.15) is 37.2 Å². The minimum absolute atomic E-state index is 0.447. The minimum Gasteiger partial charge on any atom is -0.306 e. The first-order valence-corrected chi connectivity index (χ1v) is 6.28. The second-order valence-corrected chi connectivity index (χ2v) is 4.88. The third-order valence-corrected chi connectivity index (χ3v) is 3.31. The molecule has 1 atom stereocenters. The van der Waals surface area contributed by atoms with Crippen LogP contribution in [0, 0.1) is 0 Å². The average molecular weight is 240 g/mol. The molecule has 1 unspecified atom stereocenters. The maximum Gasteiger partial charge on any atom is 0.134 e. The summed E-state index contributed by atoms with van der Waals surface area (Å²) in [5.74, 6) is 1.37. The van der Waals surface area contributed by atoms with Gasteiger partial charge in [0.25, 0.3) is 0 Å². The van der Waals surface area contributed by atoms with E-state index in [1.54, 1.807) is 0 Å². The molecule has 0 spiro atoms. The Labute approximate surface area is 102 Å². The van der Waals surface area contributed by atoms with Gasteiger partial charge in [0.2, 0.25) is 0 Å². The number of piperidine rings is 1. The van der Waals surface area contributed by atoms with Gasteiger partial charge in [0.15, 0.2) is 0 Å². The molecule has 0 bridgehead atoms. The molecule has 3 nitrogen and oxygen atoms in total. The molecule has 0 aromatic carbocycles. The predicted octanol–water partition coefficient (Wildman–Crippen LogP) is 2.50. The third kappa shape index (κ3) is 2.71. The summed E-state index contributed by atoms with van der Waals surface area (Å²) in [7, 11) is 2.15. The van der Waals surface area contributed by atoms with E-state index in [1.807, 2.05) is 6.07 Å². The first-order valence-electron chi connectivity index (χ1n) is 5.91. The van der Waals surface area contributed by atoms with E-state index in [9.17, 15) is 0 Å². The summed E-state index contributed by atoms with van der Waals surface area (Å²) in [6, 6.07) is 1.86. The van der Waals surface area contributed by atoms with Crippen molar-refractivity contribution in [1.82, 2.24) is 14.9 Å². The van der Waals surface area contributed by atoms with Gasteiger partial charge < -0.3 is 4.90 Å². The number of aromatic nitrogens is 2. The van der Waals surface area contributed by atoms with E-state index >= 15 is 0 Å². The summed E-state index contributed by atoms with van der Waals surface area (Å²) in [6.45, 7) is 4.32. The monoisotopic (exact) mass is 239 g/mol. The number of nitrogens with zero attached hydrogens (tertiary/aromatic N) is 3. The van der Waals surface area contributed by atoms with Crippen molar-refractivity contribution in [3.63, 3.8) is 0 Å². The van der Waals surface area contributed by atoms with Crippen molar-refractivity contribution in [3.8, 4) is 0 Å². The van der Waals surface area contributed by atoms with Crippen molar-refractivity contribution in [2.75, 3.05) is 20.1 Å². The summed E-state index contributed by atoms with van der Waals surface area (Å²) in [4.78, 5) is 11.3. The summed E-state index contributed by atoms with van der Waals surface area (Å²) in [5, 5.41) is 0.579. The lowest BCUT2D eigenvalue weighted by Gasteiger charge is -2.28. The van der Waals surface area contributed by atoms with Crippen LogP contribution >= 0.6 is 11.6 Å². The molecule has 16 heavy (non-hydrogen) atoms. The third-order valence-electron chi connectivity index (χ3n) is 3.12. The molecule has 88 valence electrons. The van der Waals surface area contributed by atoms with Crippen LogP contribution in [0.3, 0.4) is 0 Å². The van der Waals surface area contributed by atoms with Crippen molar-refractivity contribution < 1.29 is 0 Å². The summed E-state index contributed by atoms with van der Waals surface area (Å²) >= 11 is 6.02. The van der Waals surface area contributed by atoms with Gasteiger partial charge in [0, 0.05) is 18.2 Å². The predicted molar refractivity (Wildman–Crippen MR) is 65.9 cm³/mol. The van der Waals surface area contributed by atoms with Gasteiger partial charge in [0.05, 0.1) is 0 Å². The van der Waals surface area contributed by atoms with E-state index in [0.717, 1.165) is 24.5 Å². The molecule has 0 saturated carbocycles. The zero-order chi connectivity index (χ0) is 11.5. The highest BCUT2D eigenvalue weighted by molar-refractivity contribution is 6.29. The summed E-state index contributed by atoms with van der Waals surface area (Å²) < 4.78 is 0. The number of hydrogen-bond acceptors (Lipinski definition) is 3. The van der Waals surface area contributed by atoms with Crippen molar-refractivity contribution in [2.24, 2.45) is 0 Å². The molecule has 1 aromatic rings. The standard InChI is InChI=1S/C12H18ClN3/c1-3-10-7-11(13)15-12(14-10)9-5-4-6-16(2)8-9/h7,9H,3-6,8H2,1-2H3. The molecule has 0 radical (unpaired) electrons. The average Bonchev–Trinajstić information content (AvgIpc) is 2.28. The molecule has 1 aromatic heterocycles. The highest BCUT2D eigenvalue weighted by atomic mass is 35.5. The minimum atomic E-state index is 0.447. The molecule has 1 saturated heterocycles. The van der Waals surface area contributed by atoms with Gasteiger partial charge in [-0.1, -0.05) is 18.5 Å². The molecule has 2 heterocycles. The largest absolute Gasteiger partial charge is 0.306 e. The molecule has 2 rings (SSSR count). The normalized spacial score (nSPS) is 22.3. The zero-order valence-electron chi connectivity index (χ0n) is 9.91. The Hall–Kier alpha value is -0.670. The number of halogens is 1. The van der Waals surface area contributed by atoms with E-state index in [2.05, 4.69) is 28.8 Å². The van der Waals surface area contributed by atoms with Gasteiger partial charge in [-0.15, -0.1) is 0 Å². The Morgan fingerprint density at radius 3 is 3.00 bits per heavy atom. The highest BCUT2D eigenvalue weighted by Gasteiger charge is 2.21. The first-order chi connectivity index (χ1) is 7.69. The Morgan fingerprint density at radius 2 is 2.31 bits per heavy atom. The zero-order valence-corrected chi connectivity index (χ0v) is 10.7. The molecule has 0 amide bonds. The molecule has 1 aliphatic rings. The lowest BCUT2D eigenvalue weighted by atomic mass is 9.97. The van der Waals surface area contributed by atoms with Crippen LogP contribution in [0.4, 0.5) is 0 Å². The van der Waals surface area contributed by atoms with E-state index in [1.165, 1.54) is 19.4 Å². The molecule has 0 N–H and O–H groups in total. The smallest absolute Gasteiger partial charge is 0.134 e. The van der Waals surface area contributed by atoms with Crippen LogP contribution < -0.4 is 0 Å². The maximum atomic E-state index is 6.02. The molecule has 4 heteroatoms. The lowest BCUT2D eigenvalue weighted by molar-refractivity contribution is 0.245. The van der Waals surface area contributed by atoms with Crippen LogP contribution in [0.15, 0.2) is 6.07 Å². The van der Waals surface area contributed by atoms with Gasteiger partial charge in [-0.05, 0) is 38.9 Å². The molecule has 1 aliphatic heterocycles. The van der Waals surface area contributed by atoms with E-state index in [4.69, 9.17) is 11.6 Å². The van der Waals surface area contributed by atoms with E-state index in [-0.39, 0.29) is 0 Å². The maximum absolute atomic E-state index is 6.02. The Kier molecular flexibility index (Phi) is 3.77. The molecular weight excluding hydrogens is 222 g/mol. The Bertz CT molecular complexity index is 367. The highest BCUT2D eigenvalue weighted by Crippen LogP contribution is 2.24. The second kappa shape index (κ2) is 5.11. The Balaban J connectivity index is 2.21. The fourth-order valence-corrected chi connectivity index (χ4v) is 2.44. The Morgan fingerprint density at radius 1 is 1.50 bits per heavy atom. The van der Waals surface area contributed by atoms with Gasteiger partial charge in [-0.3, -0.25) is 0 Å². The topological polar surface area (TPSA) is 29.0 Å². The van der Waals surface area contributed by atoms with Crippen molar-refractivity contribution in [1.29, 1.82) is 0 Å². The van der Waals surface area contributed by atoms with Gasteiger partial charge in [0.1, 0.15) is 11.0 Å². The van der Waals surface area contributed by atoms with Crippen molar-refractivity contribution >= 4 is 11.6 Å². The number of likely N-dealkylation sites (tertiary alicyclic amines) is 1. The van der Waals surface area contributed by atoms with Crippen LogP contribution in [-0.4, -0.2) is 35.0 Å². The number of aryl methyl sites for hydroxylation is 1. The fourth-order valence-electron chi connectivity index (χ4n) is 2.22. The summed E-state index contributed by atoms with van der Waals surface area (Å²) in [6.07, 6.45) is 3.31. The van der Waals surface area contributed by atoms with Crippen molar-refractivity contribution in [2.45, 2.75) is 32.1 Å². The van der Waals surface area contributed by atoms with Crippen LogP contribution in [0.5, 0.6) is 0 Å². The van der Waals surface area contributed by atoms with Gasteiger partial charge in [-0.2, -0.15) is 0 Å². The summed E-state index contributed by atoms with van der Waals surface area (Å²) in [5.41, 5.74) is 1.04. The van der Waals surface area contributed by atoms with Crippen LogP contribution in [-0.2, 0) is 6.42 Å². The van der Waals surface area contributed by atoms with Gasteiger partial charge >= 0.3 is 0 Å². The molecular formula is C12H18ClN3. The lowest BCUT2D eigenvalue weighted by Crippen LogP contribution is -2.31. The number of rotatable bonds is 2. The SMILES string of the molecule is CCc1cc(Cl)nc(C2CCCN(C)C2)n1. The van der Waals surface area contributed by atoms with Crippen LogP contribution in [0.2, 0.25) is 5.15 Å². The number of likely N-dealkylation sites (N-methyl/N-ethyl adjacent to an activating group) is 1. The van der Waals surface area contributed by atoms with Crippen molar-refractivity contribution in [3.05, 3.63) is 22.7 Å². The number of hydrogen-bond donors (Lipinski definition) is 0. The van der Waals surface area contributed by atoms with Crippen LogP contribution in [0.25, 0.3) is 0 Å². The fraction of sp³-hybridized carbons (Fsp3) is 0.667. The second-order valence-electron chi connectivity index (χ2n) is 4.50. The van der Waals surface area contributed by atoms with Gasteiger partial charge in [-0.25, -0.2) is 9.97 Å². The van der Waals surface area contributed by atoms with E-state index < -0.39 is 0 Å². The first kappa shape index (κ1) is 11.8. The molecule has 0 aliphatic carbocycles.